The minimum absolute atomic E-state index is 0.0128. The molecule has 0 saturated heterocycles. The summed E-state index contributed by atoms with van der Waals surface area (Å²) in [4.78, 5) is 11.6. The van der Waals surface area contributed by atoms with Crippen LogP contribution in [-0.2, 0) is 19.0 Å². The molecule has 6 nitrogen and oxygen atoms in total. The third-order valence-electron chi connectivity index (χ3n) is 2.28. The molecule has 0 unspecified atom stereocenters. The van der Waals surface area contributed by atoms with Crippen molar-refractivity contribution in [2.45, 2.75) is 0 Å². The maximum absolute atomic E-state index is 11.6. The van der Waals surface area contributed by atoms with Gasteiger partial charge in [0.2, 0.25) is 5.76 Å². The number of rotatable bonds is 11. The Bertz CT molecular complexity index is 417. The second kappa shape index (κ2) is 10.8. The van der Waals surface area contributed by atoms with E-state index in [1.54, 1.807) is 24.3 Å². The van der Waals surface area contributed by atoms with Gasteiger partial charge in [0.25, 0.3) is 0 Å². The molecule has 0 saturated carbocycles. The van der Waals surface area contributed by atoms with Crippen molar-refractivity contribution in [2.75, 3.05) is 39.6 Å². The van der Waals surface area contributed by atoms with Gasteiger partial charge in [-0.15, -0.1) is 0 Å². The summed E-state index contributed by atoms with van der Waals surface area (Å²) < 4.78 is 20.4. The Balaban J connectivity index is 2.06. The smallest absolute Gasteiger partial charge is 0.373 e. The molecule has 0 atom stereocenters. The number of carbonyl (C=O) groups is 1. The van der Waals surface area contributed by atoms with Crippen molar-refractivity contribution in [1.82, 2.24) is 0 Å². The van der Waals surface area contributed by atoms with Gasteiger partial charge >= 0.3 is 5.97 Å². The monoisotopic (exact) mass is 296 g/mol. The van der Waals surface area contributed by atoms with Crippen molar-refractivity contribution in [3.8, 4) is 5.75 Å². The molecule has 0 fully saturated rings. The lowest BCUT2D eigenvalue weighted by molar-refractivity contribution is -0.143. The van der Waals surface area contributed by atoms with Crippen molar-refractivity contribution < 1.29 is 28.8 Å². The van der Waals surface area contributed by atoms with Crippen LogP contribution in [0.4, 0.5) is 0 Å². The van der Waals surface area contributed by atoms with Crippen LogP contribution in [-0.4, -0.2) is 50.7 Å². The van der Waals surface area contributed by atoms with E-state index in [-0.39, 0.29) is 32.2 Å². The lowest BCUT2D eigenvalue weighted by Crippen LogP contribution is -2.16. The maximum atomic E-state index is 11.6. The van der Waals surface area contributed by atoms with E-state index in [0.29, 0.717) is 19.0 Å². The van der Waals surface area contributed by atoms with E-state index in [9.17, 15) is 4.79 Å². The topological polar surface area (TPSA) is 74.2 Å². The summed E-state index contributed by atoms with van der Waals surface area (Å²) in [6.07, 6.45) is 0. The molecule has 1 aromatic rings. The van der Waals surface area contributed by atoms with E-state index in [0.717, 1.165) is 0 Å². The van der Waals surface area contributed by atoms with Crippen LogP contribution in [0.2, 0.25) is 0 Å². The van der Waals surface area contributed by atoms with Crippen LogP contribution in [0.3, 0.4) is 0 Å². The van der Waals surface area contributed by atoms with Crippen LogP contribution in [0, 0.1) is 0 Å². The Morgan fingerprint density at radius 3 is 2.29 bits per heavy atom. The van der Waals surface area contributed by atoms with Crippen LogP contribution >= 0.6 is 0 Å². The summed E-state index contributed by atoms with van der Waals surface area (Å²) in [5.74, 6) is -0.178. The van der Waals surface area contributed by atoms with Gasteiger partial charge in [-0.05, 0) is 18.7 Å². The molecule has 0 aliphatic carbocycles. The van der Waals surface area contributed by atoms with E-state index >= 15 is 0 Å². The normalized spacial score (nSPS) is 10.1. The third-order valence-corrected chi connectivity index (χ3v) is 2.28. The van der Waals surface area contributed by atoms with E-state index in [1.807, 2.05) is 6.07 Å². The molecule has 0 amide bonds. The van der Waals surface area contributed by atoms with Gasteiger partial charge in [0.05, 0.1) is 33.0 Å². The summed E-state index contributed by atoms with van der Waals surface area (Å²) in [6, 6.07) is 8.86. The first kappa shape index (κ1) is 17.2. The zero-order valence-corrected chi connectivity index (χ0v) is 11.8. The number of hydrogen-bond donors (Lipinski definition) is 1. The summed E-state index contributed by atoms with van der Waals surface area (Å²) >= 11 is 0. The van der Waals surface area contributed by atoms with Gasteiger partial charge < -0.3 is 24.1 Å². The molecular formula is C15H20O6. The standard InChI is InChI=1S/C15H20O6/c1-13(21-14-5-3-2-4-6-14)15(17)20-12-11-19-10-9-18-8-7-16/h2-6,16H,1,7-12H2. The predicted molar refractivity (Wildman–Crippen MR) is 75.9 cm³/mol. The first-order chi connectivity index (χ1) is 10.2. The largest absolute Gasteiger partial charge is 0.457 e. The highest BCUT2D eigenvalue weighted by molar-refractivity contribution is 5.86. The summed E-state index contributed by atoms with van der Waals surface area (Å²) in [6.45, 7) is 4.92. The zero-order valence-electron chi connectivity index (χ0n) is 11.8. The summed E-state index contributed by atoms with van der Waals surface area (Å²) in [7, 11) is 0. The molecule has 0 aliphatic rings. The fourth-order valence-corrected chi connectivity index (χ4v) is 1.33. The number of benzene rings is 1. The second-order valence-corrected chi connectivity index (χ2v) is 3.92. The van der Waals surface area contributed by atoms with Gasteiger partial charge in [-0.2, -0.15) is 0 Å². The fourth-order valence-electron chi connectivity index (χ4n) is 1.33. The van der Waals surface area contributed by atoms with E-state index in [1.165, 1.54) is 0 Å². The Morgan fingerprint density at radius 1 is 1.00 bits per heavy atom. The highest BCUT2D eigenvalue weighted by Gasteiger charge is 2.10. The maximum Gasteiger partial charge on any atom is 0.373 e. The number of aliphatic hydroxyl groups is 1. The molecule has 0 aliphatic heterocycles. The summed E-state index contributed by atoms with van der Waals surface area (Å²) in [5.41, 5.74) is 0. The van der Waals surface area contributed by atoms with Gasteiger partial charge in [-0.3, -0.25) is 0 Å². The zero-order chi connectivity index (χ0) is 15.3. The molecule has 0 aromatic heterocycles. The summed E-state index contributed by atoms with van der Waals surface area (Å²) in [5, 5.41) is 8.48. The third kappa shape index (κ3) is 8.09. The van der Waals surface area contributed by atoms with Crippen LogP contribution in [0.1, 0.15) is 0 Å². The number of aliphatic hydroxyl groups excluding tert-OH is 1. The van der Waals surface area contributed by atoms with E-state index < -0.39 is 5.97 Å². The molecule has 0 radical (unpaired) electrons. The van der Waals surface area contributed by atoms with E-state index in [2.05, 4.69) is 6.58 Å². The molecular weight excluding hydrogens is 276 g/mol. The molecule has 0 spiro atoms. The van der Waals surface area contributed by atoms with Gasteiger partial charge in [0.1, 0.15) is 12.4 Å². The number of carbonyl (C=O) groups excluding carboxylic acids is 1. The van der Waals surface area contributed by atoms with Crippen molar-refractivity contribution >= 4 is 5.97 Å². The first-order valence-corrected chi connectivity index (χ1v) is 6.59. The molecule has 1 aromatic carbocycles. The van der Waals surface area contributed by atoms with Crippen LogP contribution in [0.25, 0.3) is 0 Å². The Labute approximate surface area is 123 Å². The molecule has 0 bridgehead atoms. The average Bonchev–Trinajstić information content (AvgIpc) is 2.50. The molecule has 0 heterocycles. The van der Waals surface area contributed by atoms with Crippen LogP contribution in [0.5, 0.6) is 5.75 Å². The number of esters is 1. The van der Waals surface area contributed by atoms with Crippen LogP contribution in [0.15, 0.2) is 42.7 Å². The van der Waals surface area contributed by atoms with Gasteiger partial charge in [0, 0.05) is 0 Å². The van der Waals surface area contributed by atoms with Crippen LogP contribution < -0.4 is 4.74 Å². The van der Waals surface area contributed by atoms with Crippen molar-refractivity contribution in [3.63, 3.8) is 0 Å². The SMILES string of the molecule is C=C(Oc1ccccc1)C(=O)OCCOCCOCCO. The van der Waals surface area contributed by atoms with Crippen molar-refractivity contribution in [2.24, 2.45) is 0 Å². The lowest BCUT2D eigenvalue weighted by Gasteiger charge is -2.09. The fraction of sp³-hybridized carbons (Fsp3) is 0.400. The van der Waals surface area contributed by atoms with Crippen molar-refractivity contribution in [1.29, 1.82) is 0 Å². The molecule has 21 heavy (non-hydrogen) atoms. The predicted octanol–water partition coefficient (Wildman–Crippen LogP) is 1.15. The quantitative estimate of drug-likeness (QED) is 0.286. The first-order valence-electron chi connectivity index (χ1n) is 6.59. The minimum Gasteiger partial charge on any atom is -0.457 e. The van der Waals surface area contributed by atoms with Crippen molar-refractivity contribution in [3.05, 3.63) is 42.7 Å². The number of hydrogen-bond acceptors (Lipinski definition) is 6. The van der Waals surface area contributed by atoms with Gasteiger partial charge in [-0.25, -0.2) is 4.79 Å². The second-order valence-electron chi connectivity index (χ2n) is 3.92. The Morgan fingerprint density at radius 2 is 1.62 bits per heavy atom. The van der Waals surface area contributed by atoms with E-state index in [4.69, 9.17) is 24.1 Å². The molecule has 116 valence electrons. The Kier molecular flexibility index (Phi) is 8.86. The molecule has 1 rings (SSSR count). The molecule has 1 N–H and O–H groups in total. The van der Waals surface area contributed by atoms with Gasteiger partial charge in [-0.1, -0.05) is 18.2 Å². The minimum atomic E-state index is -0.626. The lowest BCUT2D eigenvalue weighted by atomic mass is 10.3. The number of para-hydroxylation sites is 1. The Hall–Kier alpha value is -1.89. The average molecular weight is 296 g/mol. The number of ether oxygens (including phenoxy) is 4. The highest BCUT2D eigenvalue weighted by Crippen LogP contribution is 2.12. The van der Waals surface area contributed by atoms with Gasteiger partial charge in [0.15, 0.2) is 0 Å². The molecule has 6 heteroatoms. The highest BCUT2D eigenvalue weighted by atomic mass is 16.6.